The van der Waals surface area contributed by atoms with Crippen LogP contribution in [0.15, 0.2) is 42.5 Å². The maximum absolute atomic E-state index is 13.5. The highest BCUT2D eigenvalue weighted by atomic mass is 16.5. The molecule has 0 unspecified atom stereocenters. The van der Waals surface area contributed by atoms with Crippen LogP contribution in [-0.4, -0.2) is 36.5 Å². The van der Waals surface area contributed by atoms with Gasteiger partial charge < -0.3 is 19.7 Å². The molecule has 33 heavy (non-hydrogen) atoms. The highest BCUT2D eigenvalue weighted by molar-refractivity contribution is 6.04. The first kappa shape index (κ1) is 23.1. The molecular weight excluding hydrogens is 416 g/mol. The summed E-state index contributed by atoms with van der Waals surface area (Å²) in [5, 5.41) is 3.28. The Morgan fingerprint density at radius 2 is 1.76 bits per heavy atom. The van der Waals surface area contributed by atoms with Crippen LogP contribution < -0.4 is 14.8 Å². The van der Waals surface area contributed by atoms with Crippen molar-refractivity contribution in [2.45, 2.75) is 70.5 Å². The van der Waals surface area contributed by atoms with Gasteiger partial charge in [-0.15, -0.1) is 0 Å². The Bertz CT molecular complexity index is 982. The molecule has 1 saturated carbocycles. The fraction of sp³-hybridized carbons (Fsp3) is 0.481. The van der Waals surface area contributed by atoms with Gasteiger partial charge in [-0.05, 0) is 49.1 Å². The van der Waals surface area contributed by atoms with Gasteiger partial charge in [-0.2, -0.15) is 0 Å². The fourth-order valence-corrected chi connectivity index (χ4v) is 4.98. The maximum Gasteiger partial charge on any atom is 0.255 e. The zero-order chi connectivity index (χ0) is 23.2. The Kier molecular flexibility index (Phi) is 7.53. The van der Waals surface area contributed by atoms with Gasteiger partial charge in [0.05, 0.1) is 13.7 Å². The van der Waals surface area contributed by atoms with Crippen LogP contribution in [0.2, 0.25) is 0 Å². The Morgan fingerprint density at radius 3 is 2.48 bits per heavy atom. The van der Waals surface area contributed by atoms with Crippen LogP contribution in [0.25, 0.3) is 0 Å². The number of methoxy groups -OCH3 is 1. The lowest BCUT2D eigenvalue weighted by Gasteiger charge is -2.28. The van der Waals surface area contributed by atoms with E-state index in [0.717, 1.165) is 36.8 Å². The molecule has 0 saturated heterocycles. The third-order valence-corrected chi connectivity index (χ3v) is 6.64. The standard InChI is InChI=1S/C27H34N2O4/c1-3-33-23-16-15-19(17-24(23)32-2)18-29-25(21-13-9-10-14-22(21)27(29)31)26(30)28-20-11-7-5-4-6-8-12-20/h9-10,13-17,20,25H,3-8,11-12,18H2,1-2H3,(H,28,30)/t25-/m0/s1. The predicted molar refractivity (Wildman–Crippen MR) is 127 cm³/mol. The van der Waals surface area contributed by atoms with Crippen LogP contribution in [0.5, 0.6) is 11.5 Å². The molecule has 2 amide bonds. The van der Waals surface area contributed by atoms with Crippen molar-refractivity contribution in [1.29, 1.82) is 0 Å². The average molecular weight is 451 g/mol. The molecular formula is C27H34N2O4. The lowest BCUT2D eigenvalue weighted by molar-refractivity contribution is -0.126. The van der Waals surface area contributed by atoms with Gasteiger partial charge in [0.2, 0.25) is 5.91 Å². The van der Waals surface area contributed by atoms with Crippen LogP contribution in [0, 0.1) is 0 Å². The molecule has 1 fully saturated rings. The lowest BCUT2D eigenvalue weighted by Crippen LogP contribution is -2.43. The molecule has 1 heterocycles. The van der Waals surface area contributed by atoms with E-state index in [2.05, 4.69) is 5.32 Å². The van der Waals surface area contributed by atoms with Crippen molar-refractivity contribution in [2.24, 2.45) is 0 Å². The molecule has 1 atom stereocenters. The molecule has 1 aliphatic heterocycles. The maximum atomic E-state index is 13.5. The van der Waals surface area contributed by atoms with Crippen LogP contribution in [0.4, 0.5) is 0 Å². The van der Waals surface area contributed by atoms with Gasteiger partial charge in [-0.25, -0.2) is 0 Å². The van der Waals surface area contributed by atoms with E-state index >= 15 is 0 Å². The van der Waals surface area contributed by atoms with Crippen molar-refractivity contribution in [3.63, 3.8) is 0 Å². The van der Waals surface area contributed by atoms with Gasteiger partial charge >= 0.3 is 0 Å². The summed E-state index contributed by atoms with van der Waals surface area (Å²) in [5.74, 6) is 1.08. The minimum atomic E-state index is -0.628. The zero-order valence-electron chi connectivity index (χ0n) is 19.6. The molecule has 0 spiro atoms. The molecule has 6 nitrogen and oxygen atoms in total. The number of rotatable bonds is 7. The second-order valence-corrected chi connectivity index (χ2v) is 8.89. The topological polar surface area (TPSA) is 67.9 Å². The molecule has 4 rings (SSSR count). The number of fused-ring (bicyclic) bond motifs is 1. The number of ether oxygens (including phenoxy) is 2. The first-order valence-corrected chi connectivity index (χ1v) is 12.1. The summed E-state index contributed by atoms with van der Waals surface area (Å²) in [7, 11) is 1.60. The van der Waals surface area contributed by atoms with E-state index in [9.17, 15) is 9.59 Å². The first-order valence-electron chi connectivity index (χ1n) is 12.1. The molecule has 2 aromatic carbocycles. The Labute approximate surface area is 196 Å². The summed E-state index contributed by atoms with van der Waals surface area (Å²) in [6.45, 7) is 2.78. The fourth-order valence-electron chi connectivity index (χ4n) is 4.98. The lowest BCUT2D eigenvalue weighted by atomic mass is 9.96. The molecule has 1 aliphatic carbocycles. The zero-order valence-corrected chi connectivity index (χ0v) is 19.6. The number of nitrogens with zero attached hydrogens (tertiary/aromatic N) is 1. The third kappa shape index (κ3) is 5.15. The molecule has 1 N–H and O–H groups in total. The smallest absolute Gasteiger partial charge is 0.255 e. The summed E-state index contributed by atoms with van der Waals surface area (Å²) < 4.78 is 11.1. The van der Waals surface area contributed by atoms with Crippen molar-refractivity contribution in [3.05, 3.63) is 59.2 Å². The molecule has 6 heteroatoms. The molecule has 0 radical (unpaired) electrons. The predicted octanol–water partition coefficient (Wildman–Crippen LogP) is 5.02. The van der Waals surface area contributed by atoms with Gasteiger partial charge in [0.25, 0.3) is 5.91 Å². The van der Waals surface area contributed by atoms with Crippen LogP contribution in [0.3, 0.4) is 0 Å². The number of nitrogens with one attached hydrogen (secondary N) is 1. The molecule has 0 aromatic heterocycles. The van der Waals surface area contributed by atoms with Crippen molar-refractivity contribution in [3.8, 4) is 11.5 Å². The average Bonchev–Trinajstić information content (AvgIpc) is 3.08. The Hall–Kier alpha value is -3.02. The first-order chi connectivity index (χ1) is 16.1. The summed E-state index contributed by atoms with van der Waals surface area (Å²) in [6.07, 6.45) is 8.02. The van der Waals surface area contributed by atoms with E-state index in [1.165, 1.54) is 19.3 Å². The van der Waals surface area contributed by atoms with E-state index in [4.69, 9.17) is 9.47 Å². The number of hydrogen-bond donors (Lipinski definition) is 1. The number of carbonyl (C=O) groups excluding carboxylic acids is 2. The molecule has 2 aliphatic rings. The normalized spacial score (nSPS) is 18.9. The molecule has 176 valence electrons. The Balaban J connectivity index is 1.58. The monoisotopic (exact) mass is 450 g/mol. The summed E-state index contributed by atoms with van der Waals surface area (Å²) in [6, 6.07) is 12.7. The van der Waals surface area contributed by atoms with Crippen LogP contribution in [0.1, 0.15) is 79.4 Å². The van der Waals surface area contributed by atoms with Crippen molar-refractivity contribution < 1.29 is 19.1 Å². The van der Waals surface area contributed by atoms with Crippen molar-refractivity contribution in [1.82, 2.24) is 10.2 Å². The highest BCUT2D eigenvalue weighted by Crippen LogP contribution is 2.36. The van der Waals surface area contributed by atoms with Gasteiger partial charge in [-0.3, -0.25) is 9.59 Å². The van der Waals surface area contributed by atoms with E-state index in [0.29, 0.717) is 30.2 Å². The second-order valence-electron chi connectivity index (χ2n) is 8.89. The van der Waals surface area contributed by atoms with E-state index in [-0.39, 0.29) is 17.9 Å². The largest absolute Gasteiger partial charge is 0.493 e. The van der Waals surface area contributed by atoms with E-state index in [1.807, 2.05) is 49.4 Å². The van der Waals surface area contributed by atoms with Gasteiger partial charge in [0, 0.05) is 18.2 Å². The van der Waals surface area contributed by atoms with Crippen molar-refractivity contribution >= 4 is 11.8 Å². The van der Waals surface area contributed by atoms with Gasteiger partial charge in [0.1, 0.15) is 6.04 Å². The second kappa shape index (κ2) is 10.7. The SMILES string of the molecule is CCOc1ccc(CN2C(=O)c3ccccc3[C@H]2C(=O)NC2CCCCCCC2)cc1OC. The summed E-state index contributed by atoms with van der Waals surface area (Å²) in [5.41, 5.74) is 2.28. The Morgan fingerprint density at radius 1 is 1.03 bits per heavy atom. The number of amides is 2. The quantitative estimate of drug-likeness (QED) is 0.643. The highest BCUT2D eigenvalue weighted by Gasteiger charge is 2.41. The van der Waals surface area contributed by atoms with Crippen molar-refractivity contribution in [2.75, 3.05) is 13.7 Å². The number of carbonyl (C=O) groups is 2. The number of hydrogen-bond acceptors (Lipinski definition) is 4. The van der Waals surface area contributed by atoms with Crippen LogP contribution in [-0.2, 0) is 11.3 Å². The van der Waals surface area contributed by atoms with Crippen LogP contribution >= 0.6 is 0 Å². The van der Waals surface area contributed by atoms with E-state index in [1.54, 1.807) is 12.0 Å². The summed E-state index contributed by atoms with van der Waals surface area (Å²) >= 11 is 0. The minimum Gasteiger partial charge on any atom is -0.493 e. The molecule has 0 bridgehead atoms. The van der Waals surface area contributed by atoms with E-state index < -0.39 is 6.04 Å². The summed E-state index contributed by atoms with van der Waals surface area (Å²) in [4.78, 5) is 28.5. The molecule has 2 aromatic rings. The third-order valence-electron chi connectivity index (χ3n) is 6.64. The van der Waals surface area contributed by atoms with Gasteiger partial charge in [-0.1, -0.05) is 56.4 Å². The number of benzene rings is 2. The van der Waals surface area contributed by atoms with Gasteiger partial charge in [0.15, 0.2) is 11.5 Å². The minimum absolute atomic E-state index is 0.0863.